The van der Waals surface area contributed by atoms with Gasteiger partial charge in [-0.15, -0.1) is 0 Å². The van der Waals surface area contributed by atoms with Gasteiger partial charge in [0.05, 0.1) is 18.7 Å². The lowest BCUT2D eigenvalue weighted by molar-refractivity contribution is 0.122. The maximum absolute atomic E-state index is 7.57. The molecule has 0 aliphatic carbocycles. The molecule has 9 heteroatoms. The first kappa shape index (κ1) is 32.4. The number of likely N-dealkylation sites (N-methyl/N-ethyl adjacent to an activating group) is 1. The van der Waals surface area contributed by atoms with E-state index >= 15 is 0 Å². The standard InChI is InChI=1S/C24H31N7O.C3H8.CH3I/c1-16(11-18(3)27-19(4)15-30(5)6)20-12-21-22(26-14-20)24(31-7-9-32-10-8-31)29-23(28-21)17(2)13-25;1-3-2;1-2/h11-14,25,27H,2-4,7-10,15H2,1,5-6H3;3H2,1-2H3;1H3/b16-11+,25-13?;;. The van der Waals surface area contributed by atoms with Crippen molar-refractivity contribution in [3.8, 4) is 0 Å². The Bertz CT molecular complexity index is 1110. The fourth-order valence-corrected chi connectivity index (χ4v) is 3.45. The van der Waals surface area contributed by atoms with Crippen molar-refractivity contribution in [3.05, 3.63) is 60.9 Å². The van der Waals surface area contributed by atoms with Gasteiger partial charge in [-0.25, -0.2) is 9.97 Å². The van der Waals surface area contributed by atoms with Crippen molar-refractivity contribution < 1.29 is 4.74 Å². The predicted molar refractivity (Wildman–Crippen MR) is 168 cm³/mol. The number of pyridine rings is 1. The smallest absolute Gasteiger partial charge is 0.163 e. The zero-order chi connectivity index (χ0) is 28.0. The lowest BCUT2D eigenvalue weighted by Crippen LogP contribution is -2.37. The van der Waals surface area contributed by atoms with Crippen LogP contribution < -0.4 is 10.2 Å². The molecule has 0 aromatic carbocycles. The van der Waals surface area contributed by atoms with Crippen molar-refractivity contribution in [1.82, 2.24) is 25.2 Å². The monoisotopic (exact) mass is 619 g/mol. The van der Waals surface area contributed by atoms with Crippen LogP contribution in [0.4, 0.5) is 5.82 Å². The highest BCUT2D eigenvalue weighted by Gasteiger charge is 2.19. The van der Waals surface area contributed by atoms with Crippen LogP contribution in [0.3, 0.4) is 0 Å². The summed E-state index contributed by atoms with van der Waals surface area (Å²) in [6.07, 6.45) is 6.21. The van der Waals surface area contributed by atoms with E-state index in [4.69, 9.17) is 15.1 Å². The number of anilines is 1. The topological polar surface area (TPSA) is 90.3 Å². The van der Waals surface area contributed by atoms with E-state index in [2.05, 4.69) is 76.4 Å². The first-order valence-electron chi connectivity index (χ1n) is 12.2. The second kappa shape index (κ2) is 17.0. The van der Waals surface area contributed by atoms with Crippen LogP contribution in [0.1, 0.15) is 38.6 Å². The molecule has 0 bridgehead atoms. The Morgan fingerprint density at radius 1 is 1.19 bits per heavy atom. The Labute approximate surface area is 236 Å². The van der Waals surface area contributed by atoms with Gasteiger partial charge in [0.15, 0.2) is 11.6 Å². The van der Waals surface area contributed by atoms with Crippen LogP contribution in [0.2, 0.25) is 0 Å². The van der Waals surface area contributed by atoms with Crippen LogP contribution in [0.15, 0.2) is 49.5 Å². The second-order valence-corrected chi connectivity index (χ2v) is 8.76. The van der Waals surface area contributed by atoms with Gasteiger partial charge in [-0.1, -0.05) is 62.6 Å². The van der Waals surface area contributed by atoms with Crippen molar-refractivity contribution in [2.45, 2.75) is 27.2 Å². The van der Waals surface area contributed by atoms with E-state index in [1.165, 1.54) is 12.6 Å². The number of hydrogen-bond acceptors (Lipinski definition) is 8. The Kier molecular flexibility index (Phi) is 14.9. The number of halogens is 1. The molecule has 0 atom stereocenters. The first-order chi connectivity index (χ1) is 17.7. The van der Waals surface area contributed by atoms with Crippen LogP contribution in [-0.2, 0) is 4.74 Å². The molecule has 0 radical (unpaired) electrons. The van der Waals surface area contributed by atoms with Crippen molar-refractivity contribution in [3.63, 3.8) is 0 Å². The van der Waals surface area contributed by atoms with Gasteiger partial charge in [-0.2, -0.15) is 0 Å². The molecule has 2 aromatic rings. The number of ether oxygens (including phenoxy) is 1. The van der Waals surface area contributed by atoms with Gasteiger partial charge in [-0.3, -0.25) is 4.98 Å². The number of rotatable bonds is 9. The average molecular weight is 620 g/mol. The minimum atomic E-state index is 0.431. The van der Waals surface area contributed by atoms with Crippen molar-refractivity contribution in [1.29, 1.82) is 5.41 Å². The average Bonchev–Trinajstić information content (AvgIpc) is 2.88. The van der Waals surface area contributed by atoms with Crippen molar-refractivity contribution in [2.24, 2.45) is 0 Å². The summed E-state index contributed by atoms with van der Waals surface area (Å²) in [6.45, 7) is 21.7. The van der Waals surface area contributed by atoms with Gasteiger partial charge in [0, 0.05) is 49.0 Å². The maximum Gasteiger partial charge on any atom is 0.163 e. The van der Waals surface area contributed by atoms with Crippen LogP contribution >= 0.6 is 22.6 Å². The van der Waals surface area contributed by atoms with E-state index < -0.39 is 0 Å². The van der Waals surface area contributed by atoms with Gasteiger partial charge in [0.2, 0.25) is 0 Å². The highest BCUT2D eigenvalue weighted by Crippen LogP contribution is 2.27. The molecule has 0 unspecified atom stereocenters. The van der Waals surface area contributed by atoms with Gasteiger partial charge in [0.1, 0.15) is 5.52 Å². The number of morpholine rings is 1. The molecule has 3 rings (SSSR count). The highest BCUT2D eigenvalue weighted by atomic mass is 127. The lowest BCUT2D eigenvalue weighted by atomic mass is 10.1. The summed E-state index contributed by atoms with van der Waals surface area (Å²) in [7, 11) is 3.98. The first-order valence-corrected chi connectivity index (χ1v) is 14.4. The molecule has 2 aromatic heterocycles. The molecule has 1 saturated heterocycles. The second-order valence-electron chi connectivity index (χ2n) is 8.76. The molecular weight excluding hydrogens is 577 g/mol. The summed E-state index contributed by atoms with van der Waals surface area (Å²) in [4.78, 5) is 20.2. The molecule has 37 heavy (non-hydrogen) atoms. The molecule has 0 saturated carbocycles. The Morgan fingerprint density at radius 3 is 2.38 bits per heavy atom. The molecule has 1 aliphatic heterocycles. The van der Waals surface area contributed by atoms with Crippen molar-refractivity contribution >= 4 is 56.8 Å². The number of alkyl halides is 1. The quantitative estimate of drug-likeness (QED) is 0.164. The molecule has 3 heterocycles. The minimum absolute atomic E-state index is 0.431. The predicted octanol–water partition coefficient (Wildman–Crippen LogP) is 5.57. The zero-order valence-electron chi connectivity index (χ0n) is 23.2. The van der Waals surface area contributed by atoms with E-state index in [0.717, 1.165) is 53.5 Å². The number of nitrogens with one attached hydrogen (secondary N) is 2. The fraction of sp³-hybridized carbons (Fsp3) is 0.429. The largest absolute Gasteiger partial charge is 0.378 e. The minimum Gasteiger partial charge on any atom is -0.378 e. The molecule has 0 amide bonds. The van der Waals surface area contributed by atoms with Crippen LogP contribution in [0.5, 0.6) is 0 Å². The van der Waals surface area contributed by atoms with E-state index in [-0.39, 0.29) is 0 Å². The van der Waals surface area contributed by atoms with E-state index in [0.29, 0.717) is 30.1 Å². The van der Waals surface area contributed by atoms with Gasteiger partial charge >= 0.3 is 0 Å². The third-order valence-corrected chi connectivity index (χ3v) is 4.98. The maximum atomic E-state index is 7.57. The highest BCUT2D eigenvalue weighted by molar-refractivity contribution is 14.1. The number of nitrogens with zero attached hydrogens (tertiary/aromatic N) is 5. The molecular formula is C28H42IN7O. The summed E-state index contributed by atoms with van der Waals surface area (Å²) in [6, 6.07) is 1.99. The van der Waals surface area contributed by atoms with E-state index in [1.54, 1.807) is 0 Å². The molecule has 202 valence electrons. The van der Waals surface area contributed by atoms with Crippen LogP contribution in [-0.4, -0.2) is 77.9 Å². The Balaban J connectivity index is 0.00000127. The van der Waals surface area contributed by atoms with Crippen molar-refractivity contribution in [2.75, 3.05) is 56.8 Å². The third kappa shape index (κ3) is 10.3. The molecule has 1 fully saturated rings. The number of fused-ring (bicyclic) bond motifs is 1. The summed E-state index contributed by atoms with van der Waals surface area (Å²) in [5, 5.41) is 10.8. The summed E-state index contributed by atoms with van der Waals surface area (Å²) in [5.41, 5.74) is 5.44. The van der Waals surface area contributed by atoms with E-state index in [1.807, 2.05) is 49.2 Å². The van der Waals surface area contributed by atoms with Gasteiger partial charge < -0.3 is 25.3 Å². The van der Waals surface area contributed by atoms with E-state index in [9.17, 15) is 0 Å². The zero-order valence-corrected chi connectivity index (χ0v) is 25.4. The summed E-state index contributed by atoms with van der Waals surface area (Å²) >= 11 is 2.15. The molecule has 1 aliphatic rings. The lowest BCUT2D eigenvalue weighted by Gasteiger charge is -2.28. The third-order valence-electron chi connectivity index (χ3n) is 4.98. The normalized spacial score (nSPS) is 13.2. The molecule has 8 nitrogen and oxygen atoms in total. The van der Waals surface area contributed by atoms with Gasteiger partial charge in [0.25, 0.3) is 0 Å². The Hall–Kier alpha value is -2.63. The molecule has 0 spiro atoms. The number of hydrogen-bond donors (Lipinski definition) is 2. The van der Waals surface area contributed by atoms with Gasteiger partial charge in [-0.05, 0) is 49.2 Å². The molecule has 2 N–H and O–H groups in total. The summed E-state index contributed by atoms with van der Waals surface area (Å²) in [5.74, 6) is 1.18. The Morgan fingerprint density at radius 2 is 1.81 bits per heavy atom. The number of aromatic nitrogens is 3. The summed E-state index contributed by atoms with van der Waals surface area (Å²) < 4.78 is 5.48. The van der Waals surface area contributed by atoms with Crippen LogP contribution in [0, 0.1) is 5.41 Å². The SMILES string of the molecule is C=C(/C=C(\C)c1cnc2c(N3CCOCC3)nc(C(=C)C=N)nc2c1)NC(=C)CN(C)C.CCC.CI. The number of allylic oxidation sites excluding steroid dienone is 3. The van der Waals surface area contributed by atoms with Crippen LogP contribution in [0.25, 0.3) is 22.2 Å². The fourth-order valence-electron chi connectivity index (χ4n) is 3.45.